The first-order chi connectivity index (χ1) is 10.5. The van der Waals surface area contributed by atoms with Crippen molar-refractivity contribution in [1.29, 1.82) is 0 Å². The summed E-state index contributed by atoms with van der Waals surface area (Å²) in [6.45, 7) is 13.9. The van der Waals surface area contributed by atoms with E-state index in [0.717, 1.165) is 25.7 Å². The Bertz CT molecular complexity index is 512. The fraction of sp³-hybridized carbons (Fsp3) is 0.900. The van der Waals surface area contributed by atoms with E-state index >= 15 is 0 Å². The van der Waals surface area contributed by atoms with Gasteiger partial charge in [-0.15, -0.1) is 0 Å². The summed E-state index contributed by atoms with van der Waals surface area (Å²) in [6, 6.07) is 0. The summed E-state index contributed by atoms with van der Waals surface area (Å²) in [6.07, 6.45) is 7.79. The highest BCUT2D eigenvalue weighted by Gasteiger charge is 2.63. The number of alkyl halides is 2. The van der Waals surface area contributed by atoms with Crippen molar-refractivity contribution >= 4 is 31.9 Å². The van der Waals surface area contributed by atoms with Crippen LogP contribution in [0, 0.1) is 22.2 Å². The molecule has 1 spiro atoms. The van der Waals surface area contributed by atoms with Gasteiger partial charge in [0, 0.05) is 9.65 Å². The van der Waals surface area contributed by atoms with E-state index in [4.69, 9.17) is 0 Å². The van der Waals surface area contributed by atoms with Crippen molar-refractivity contribution in [2.75, 3.05) is 0 Å². The molecule has 6 unspecified atom stereocenters. The Morgan fingerprint density at radius 3 is 2.30 bits per heavy atom. The smallest absolute Gasteiger partial charge is 0.0654 e. The molecule has 0 bridgehead atoms. The van der Waals surface area contributed by atoms with Gasteiger partial charge in [0.15, 0.2) is 0 Å². The van der Waals surface area contributed by atoms with Gasteiger partial charge >= 0.3 is 0 Å². The van der Waals surface area contributed by atoms with Crippen LogP contribution in [-0.2, 0) is 0 Å². The largest absolute Gasteiger partial charge is 0.390 e. The molecule has 3 aliphatic carbocycles. The number of allylic oxidation sites excluding steroid dienone is 1. The first-order valence-electron chi connectivity index (χ1n) is 9.16. The molecule has 6 atom stereocenters. The minimum Gasteiger partial charge on any atom is -0.390 e. The van der Waals surface area contributed by atoms with E-state index in [1.807, 2.05) is 0 Å². The van der Waals surface area contributed by atoms with Gasteiger partial charge in [-0.1, -0.05) is 64.8 Å². The number of hydrogen-bond acceptors (Lipinski definition) is 1. The number of aliphatic hydroxyl groups is 1. The van der Waals surface area contributed by atoms with E-state index in [1.165, 1.54) is 24.8 Å². The van der Waals surface area contributed by atoms with Crippen LogP contribution in [0.1, 0.15) is 72.6 Å². The maximum Gasteiger partial charge on any atom is 0.0654 e. The van der Waals surface area contributed by atoms with E-state index < -0.39 is 5.60 Å². The van der Waals surface area contributed by atoms with Crippen molar-refractivity contribution in [2.45, 2.75) is 87.9 Å². The summed E-state index contributed by atoms with van der Waals surface area (Å²) in [5.74, 6) is 0.343. The van der Waals surface area contributed by atoms with E-state index in [1.54, 1.807) is 0 Å². The van der Waals surface area contributed by atoms with Crippen molar-refractivity contribution < 1.29 is 5.11 Å². The molecule has 1 N–H and O–H groups in total. The molecule has 0 aliphatic heterocycles. The summed E-state index contributed by atoms with van der Waals surface area (Å²) in [5.41, 5.74) is 1.44. The number of halogens is 2. The van der Waals surface area contributed by atoms with Crippen LogP contribution >= 0.6 is 31.9 Å². The molecular weight excluding hydrogens is 416 g/mol. The quantitative estimate of drug-likeness (QED) is 0.344. The summed E-state index contributed by atoms with van der Waals surface area (Å²) >= 11 is 7.94. The average Bonchev–Trinajstić information content (AvgIpc) is 2.47. The van der Waals surface area contributed by atoms with E-state index in [0.29, 0.717) is 15.6 Å². The molecule has 1 nitrogen and oxygen atoms in total. The van der Waals surface area contributed by atoms with Crippen LogP contribution in [0.25, 0.3) is 0 Å². The Morgan fingerprint density at radius 1 is 1.00 bits per heavy atom. The summed E-state index contributed by atoms with van der Waals surface area (Å²) < 4.78 is 0. The summed E-state index contributed by atoms with van der Waals surface area (Å²) in [4.78, 5) is 1.07. The fourth-order valence-corrected chi connectivity index (χ4v) is 7.58. The van der Waals surface area contributed by atoms with Gasteiger partial charge < -0.3 is 5.11 Å². The van der Waals surface area contributed by atoms with Gasteiger partial charge in [-0.05, 0) is 74.0 Å². The third-order valence-electron chi connectivity index (χ3n) is 8.20. The molecule has 3 aliphatic rings. The average molecular weight is 448 g/mol. The van der Waals surface area contributed by atoms with Gasteiger partial charge in [0.25, 0.3) is 0 Å². The van der Waals surface area contributed by atoms with Gasteiger partial charge in [-0.3, -0.25) is 0 Å². The SMILES string of the molecule is C=C1CCC(Br)C(C)(C)C12CCC1(C)C(Br)CCC(C)(O)C1C2. The number of rotatable bonds is 0. The monoisotopic (exact) mass is 446 g/mol. The normalized spacial score (nSPS) is 53.2. The molecule has 0 heterocycles. The topological polar surface area (TPSA) is 20.2 Å². The maximum atomic E-state index is 11.2. The van der Waals surface area contributed by atoms with Crippen molar-refractivity contribution in [1.82, 2.24) is 0 Å². The molecule has 0 aromatic heterocycles. The first-order valence-corrected chi connectivity index (χ1v) is 11.0. The van der Waals surface area contributed by atoms with Crippen LogP contribution in [0.5, 0.6) is 0 Å². The Kier molecular flexibility index (Phi) is 4.47. The Labute approximate surface area is 158 Å². The van der Waals surface area contributed by atoms with E-state index in [2.05, 4.69) is 66.1 Å². The second kappa shape index (κ2) is 5.58. The minimum absolute atomic E-state index is 0.164. The van der Waals surface area contributed by atoms with Gasteiger partial charge in [-0.2, -0.15) is 0 Å². The zero-order valence-corrected chi connectivity index (χ0v) is 18.3. The third-order valence-corrected chi connectivity index (χ3v) is 11.3. The van der Waals surface area contributed by atoms with Crippen LogP contribution in [0.3, 0.4) is 0 Å². The van der Waals surface area contributed by atoms with Gasteiger partial charge in [0.05, 0.1) is 5.60 Å². The molecule has 0 aromatic carbocycles. The van der Waals surface area contributed by atoms with Crippen LogP contribution in [0.2, 0.25) is 0 Å². The van der Waals surface area contributed by atoms with Crippen LogP contribution < -0.4 is 0 Å². The highest BCUT2D eigenvalue weighted by molar-refractivity contribution is 9.09. The molecular formula is C20H32Br2O. The lowest BCUT2D eigenvalue weighted by atomic mass is 9.42. The zero-order chi connectivity index (χ0) is 17.3. The molecule has 0 radical (unpaired) electrons. The van der Waals surface area contributed by atoms with E-state index in [-0.39, 0.29) is 16.2 Å². The van der Waals surface area contributed by atoms with E-state index in [9.17, 15) is 5.11 Å². The lowest BCUT2D eigenvalue weighted by Crippen LogP contribution is -2.61. The van der Waals surface area contributed by atoms with Crippen LogP contribution in [0.15, 0.2) is 12.2 Å². The lowest BCUT2D eigenvalue weighted by Gasteiger charge is -2.65. The molecule has 23 heavy (non-hydrogen) atoms. The highest BCUT2D eigenvalue weighted by Crippen LogP contribution is 2.68. The van der Waals surface area contributed by atoms with Crippen molar-refractivity contribution in [2.24, 2.45) is 22.2 Å². The molecule has 0 aromatic rings. The van der Waals surface area contributed by atoms with Gasteiger partial charge in [0.2, 0.25) is 0 Å². The molecule has 3 rings (SSSR count). The second-order valence-electron chi connectivity index (χ2n) is 9.54. The molecule has 3 fully saturated rings. The molecule has 0 amide bonds. The van der Waals surface area contributed by atoms with Crippen molar-refractivity contribution in [3.05, 3.63) is 12.2 Å². The van der Waals surface area contributed by atoms with Gasteiger partial charge in [0.1, 0.15) is 0 Å². The summed E-state index contributed by atoms with van der Waals surface area (Å²) in [7, 11) is 0. The molecule has 3 heteroatoms. The Morgan fingerprint density at radius 2 is 1.65 bits per heavy atom. The predicted octanol–water partition coefficient (Wildman–Crippen LogP) is 6.23. The van der Waals surface area contributed by atoms with Gasteiger partial charge in [-0.25, -0.2) is 0 Å². The van der Waals surface area contributed by atoms with Crippen molar-refractivity contribution in [3.8, 4) is 0 Å². The summed E-state index contributed by atoms with van der Waals surface area (Å²) in [5, 5.41) is 11.2. The second-order valence-corrected chi connectivity index (χ2v) is 11.8. The number of hydrogen-bond donors (Lipinski definition) is 1. The minimum atomic E-state index is -0.554. The highest BCUT2D eigenvalue weighted by atomic mass is 79.9. The first kappa shape index (κ1) is 18.5. The fourth-order valence-electron chi connectivity index (χ4n) is 6.13. The standard InChI is InChI=1S/C20H32Br2O/c1-13-6-7-15(21)17(2,3)20(13)11-10-18(4)14(12-20)19(5,23)9-8-16(18)22/h14-16,23H,1,6-12H2,2-5H3. The Balaban J connectivity index is 2.04. The molecule has 0 saturated heterocycles. The molecule has 132 valence electrons. The maximum absolute atomic E-state index is 11.2. The van der Waals surface area contributed by atoms with Crippen molar-refractivity contribution in [3.63, 3.8) is 0 Å². The lowest BCUT2D eigenvalue weighted by molar-refractivity contribution is -0.150. The third kappa shape index (κ3) is 2.46. The zero-order valence-electron chi connectivity index (χ0n) is 15.1. The Hall–Kier alpha value is 0.660. The molecule has 3 saturated carbocycles. The predicted molar refractivity (Wildman–Crippen MR) is 105 cm³/mol. The number of fused-ring (bicyclic) bond motifs is 1. The van der Waals surface area contributed by atoms with Crippen LogP contribution in [-0.4, -0.2) is 20.4 Å². The van der Waals surface area contributed by atoms with Crippen LogP contribution in [0.4, 0.5) is 0 Å².